The van der Waals surface area contributed by atoms with Crippen LogP contribution in [0.3, 0.4) is 0 Å². The van der Waals surface area contributed by atoms with Gasteiger partial charge in [0.25, 0.3) is 17.7 Å². The first-order valence-electron chi connectivity index (χ1n) is 9.13. The smallest absolute Gasteiger partial charge is 0.266 e. The summed E-state index contributed by atoms with van der Waals surface area (Å²) in [5.74, 6) is -3.38. The van der Waals surface area contributed by atoms with Crippen molar-refractivity contribution in [3.63, 3.8) is 0 Å². The Kier molecular flexibility index (Phi) is 4.66. The highest BCUT2D eigenvalue weighted by Crippen LogP contribution is 2.32. The molecular weight excluding hydrogens is 390 g/mol. The summed E-state index contributed by atoms with van der Waals surface area (Å²) < 4.78 is 26.8. The minimum Gasteiger partial charge on any atom is -0.319 e. The number of hydrogen-bond acceptors (Lipinski definition) is 3. The molecule has 0 saturated carbocycles. The molecule has 0 saturated heterocycles. The predicted octanol–water partition coefficient (Wildman–Crippen LogP) is 4.63. The molecule has 1 aliphatic heterocycles. The first kappa shape index (κ1) is 19.4. The average molecular weight is 406 g/mol. The van der Waals surface area contributed by atoms with Crippen LogP contribution in [0.15, 0.2) is 54.6 Å². The summed E-state index contributed by atoms with van der Waals surface area (Å²) in [5, 5.41) is 2.34. The van der Waals surface area contributed by atoms with Crippen molar-refractivity contribution in [3.8, 4) is 0 Å². The number of rotatable bonds is 3. The van der Waals surface area contributed by atoms with E-state index in [2.05, 4.69) is 5.32 Å². The Balaban J connectivity index is 1.66. The zero-order chi connectivity index (χ0) is 21.6. The molecule has 3 aromatic carbocycles. The quantitative estimate of drug-likeness (QED) is 0.645. The van der Waals surface area contributed by atoms with E-state index in [-0.39, 0.29) is 22.4 Å². The molecular formula is C23H16F2N2O3. The molecule has 3 aromatic rings. The Labute approximate surface area is 170 Å². The van der Waals surface area contributed by atoms with Crippen molar-refractivity contribution in [2.45, 2.75) is 13.8 Å². The number of imide groups is 1. The van der Waals surface area contributed by atoms with E-state index in [4.69, 9.17) is 0 Å². The number of benzene rings is 3. The second-order valence-corrected chi connectivity index (χ2v) is 7.07. The van der Waals surface area contributed by atoms with Crippen LogP contribution in [-0.4, -0.2) is 17.7 Å². The normalized spacial score (nSPS) is 12.9. The van der Waals surface area contributed by atoms with E-state index in [1.165, 1.54) is 18.2 Å². The maximum absolute atomic E-state index is 13.8. The number of amides is 3. The van der Waals surface area contributed by atoms with Crippen molar-refractivity contribution < 1.29 is 23.2 Å². The summed E-state index contributed by atoms with van der Waals surface area (Å²) >= 11 is 0. The van der Waals surface area contributed by atoms with Gasteiger partial charge in [0.1, 0.15) is 11.6 Å². The van der Waals surface area contributed by atoms with Gasteiger partial charge in [-0.25, -0.2) is 13.7 Å². The van der Waals surface area contributed by atoms with Crippen molar-refractivity contribution in [1.29, 1.82) is 0 Å². The largest absolute Gasteiger partial charge is 0.319 e. The predicted molar refractivity (Wildman–Crippen MR) is 108 cm³/mol. The molecule has 4 rings (SSSR count). The van der Waals surface area contributed by atoms with Crippen molar-refractivity contribution in [1.82, 2.24) is 0 Å². The molecule has 0 aliphatic carbocycles. The fourth-order valence-electron chi connectivity index (χ4n) is 3.35. The maximum atomic E-state index is 13.8. The molecule has 1 aliphatic rings. The third kappa shape index (κ3) is 3.24. The number of halogens is 2. The molecule has 0 unspecified atom stereocenters. The van der Waals surface area contributed by atoms with Crippen molar-refractivity contribution in [2.75, 3.05) is 10.2 Å². The number of aryl methyl sites for hydroxylation is 2. The van der Waals surface area contributed by atoms with Crippen LogP contribution in [0, 0.1) is 25.5 Å². The standard InChI is InChI=1S/C23H16F2N2O3/c1-12-3-4-13(2)20(9-12)27-22(29)16-7-5-14(10-17(16)23(27)30)21(28)26-19-8-6-15(24)11-18(19)25/h3-11H,1-2H3,(H,26,28). The van der Waals surface area contributed by atoms with Crippen molar-refractivity contribution in [2.24, 2.45) is 0 Å². The van der Waals surface area contributed by atoms with Gasteiger partial charge in [0.15, 0.2) is 0 Å². The van der Waals surface area contributed by atoms with Crippen molar-refractivity contribution >= 4 is 29.1 Å². The van der Waals surface area contributed by atoms with Crippen LogP contribution in [0.1, 0.15) is 42.2 Å². The van der Waals surface area contributed by atoms with Crippen LogP contribution in [0.4, 0.5) is 20.2 Å². The van der Waals surface area contributed by atoms with Gasteiger partial charge >= 0.3 is 0 Å². The second kappa shape index (κ2) is 7.18. The van der Waals surface area contributed by atoms with E-state index in [0.717, 1.165) is 28.2 Å². The first-order valence-corrected chi connectivity index (χ1v) is 9.13. The molecule has 0 spiro atoms. The van der Waals surface area contributed by atoms with Gasteiger partial charge in [0.05, 0.1) is 22.5 Å². The molecule has 1 heterocycles. The molecule has 0 aromatic heterocycles. The summed E-state index contributed by atoms with van der Waals surface area (Å²) in [6.07, 6.45) is 0. The van der Waals surface area contributed by atoms with Gasteiger partial charge < -0.3 is 5.32 Å². The topological polar surface area (TPSA) is 66.5 Å². The summed E-state index contributed by atoms with van der Waals surface area (Å²) in [4.78, 5) is 39.4. The Hall–Kier alpha value is -3.87. The lowest BCUT2D eigenvalue weighted by Gasteiger charge is -2.17. The van der Waals surface area contributed by atoms with E-state index >= 15 is 0 Å². The Bertz CT molecular complexity index is 1240. The van der Waals surface area contributed by atoms with Crippen LogP contribution in [0.2, 0.25) is 0 Å². The van der Waals surface area contributed by atoms with Crippen molar-refractivity contribution in [3.05, 3.63) is 94.0 Å². The lowest BCUT2D eigenvalue weighted by Crippen LogP contribution is -2.30. The summed E-state index contributed by atoms with van der Waals surface area (Å²) in [6.45, 7) is 3.66. The van der Waals surface area contributed by atoms with Gasteiger partial charge in [-0.1, -0.05) is 12.1 Å². The van der Waals surface area contributed by atoms with Gasteiger partial charge in [-0.15, -0.1) is 0 Å². The molecule has 0 radical (unpaired) electrons. The molecule has 3 amide bonds. The summed E-state index contributed by atoms with van der Waals surface area (Å²) in [6, 6.07) is 12.3. The summed E-state index contributed by atoms with van der Waals surface area (Å²) in [5.41, 5.74) is 2.30. The van der Waals surface area contributed by atoms with Gasteiger partial charge in [-0.05, 0) is 61.4 Å². The minimum atomic E-state index is -0.920. The van der Waals surface area contributed by atoms with E-state index in [9.17, 15) is 23.2 Å². The van der Waals surface area contributed by atoms with Crippen LogP contribution in [0.25, 0.3) is 0 Å². The average Bonchev–Trinajstić information content (AvgIpc) is 2.96. The lowest BCUT2D eigenvalue weighted by molar-refractivity contribution is 0.0925. The Morgan fingerprint density at radius 3 is 2.33 bits per heavy atom. The third-order valence-electron chi connectivity index (χ3n) is 4.93. The summed E-state index contributed by atoms with van der Waals surface area (Å²) in [7, 11) is 0. The third-order valence-corrected chi connectivity index (χ3v) is 4.93. The number of fused-ring (bicyclic) bond motifs is 1. The number of carbonyl (C=O) groups is 3. The minimum absolute atomic E-state index is 0.0708. The first-order chi connectivity index (χ1) is 14.3. The molecule has 0 atom stereocenters. The second-order valence-electron chi connectivity index (χ2n) is 7.07. The van der Waals surface area contributed by atoms with Crippen LogP contribution < -0.4 is 10.2 Å². The molecule has 5 nitrogen and oxygen atoms in total. The van der Waals surface area contributed by atoms with Crippen LogP contribution >= 0.6 is 0 Å². The zero-order valence-corrected chi connectivity index (χ0v) is 16.1. The fourth-order valence-corrected chi connectivity index (χ4v) is 3.35. The molecule has 30 heavy (non-hydrogen) atoms. The fraction of sp³-hybridized carbons (Fsp3) is 0.0870. The molecule has 0 fully saturated rings. The number of nitrogens with one attached hydrogen (secondary N) is 1. The SMILES string of the molecule is Cc1ccc(C)c(N2C(=O)c3ccc(C(=O)Nc4ccc(F)cc4F)cc3C2=O)c1. The number of carbonyl (C=O) groups excluding carboxylic acids is 3. The van der Waals surface area contributed by atoms with Crippen LogP contribution in [0.5, 0.6) is 0 Å². The monoisotopic (exact) mass is 406 g/mol. The Morgan fingerprint density at radius 2 is 1.60 bits per heavy atom. The zero-order valence-electron chi connectivity index (χ0n) is 16.1. The Morgan fingerprint density at radius 1 is 0.867 bits per heavy atom. The lowest BCUT2D eigenvalue weighted by atomic mass is 10.1. The van der Waals surface area contributed by atoms with Gasteiger partial charge in [-0.2, -0.15) is 0 Å². The number of nitrogens with zero attached hydrogens (tertiary/aromatic N) is 1. The van der Waals surface area contributed by atoms with Gasteiger partial charge in [-0.3, -0.25) is 14.4 Å². The maximum Gasteiger partial charge on any atom is 0.266 e. The van der Waals surface area contributed by atoms with Gasteiger partial charge in [0.2, 0.25) is 0 Å². The molecule has 1 N–H and O–H groups in total. The molecule has 150 valence electrons. The van der Waals surface area contributed by atoms with Gasteiger partial charge in [0, 0.05) is 11.6 Å². The highest BCUT2D eigenvalue weighted by Gasteiger charge is 2.37. The van der Waals surface area contributed by atoms with E-state index in [1.807, 2.05) is 19.1 Å². The van der Waals surface area contributed by atoms with E-state index in [1.54, 1.807) is 13.0 Å². The van der Waals surface area contributed by atoms with Crippen LogP contribution in [-0.2, 0) is 0 Å². The number of hydrogen-bond donors (Lipinski definition) is 1. The molecule has 0 bridgehead atoms. The number of anilines is 2. The van der Waals surface area contributed by atoms with E-state index < -0.39 is 29.4 Å². The highest BCUT2D eigenvalue weighted by molar-refractivity contribution is 6.35. The van der Waals surface area contributed by atoms with E-state index in [0.29, 0.717) is 11.8 Å². The molecule has 7 heteroatoms. The highest BCUT2D eigenvalue weighted by atomic mass is 19.1.